The van der Waals surface area contributed by atoms with Crippen molar-refractivity contribution in [2.24, 2.45) is 0 Å². The first-order valence-electron chi connectivity index (χ1n) is 9.10. The number of methoxy groups -OCH3 is 1. The molecule has 0 spiro atoms. The number of nitrogens with zero attached hydrogens (tertiary/aromatic N) is 4. The van der Waals surface area contributed by atoms with Crippen LogP contribution in [0.1, 0.15) is 15.9 Å². The zero-order valence-electron chi connectivity index (χ0n) is 15.8. The quantitative estimate of drug-likeness (QED) is 0.546. The van der Waals surface area contributed by atoms with Gasteiger partial charge < -0.3 is 10.1 Å². The lowest BCUT2D eigenvalue weighted by Crippen LogP contribution is -2.17. The van der Waals surface area contributed by atoms with E-state index in [0.29, 0.717) is 29.6 Å². The summed E-state index contributed by atoms with van der Waals surface area (Å²) in [6, 6.07) is 22.1. The summed E-state index contributed by atoms with van der Waals surface area (Å²) in [6.07, 6.45) is 1.66. The molecule has 0 unspecified atom stereocenters. The van der Waals surface area contributed by atoms with Crippen LogP contribution in [0.4, 0.5) is 5.95 Å². The van der Waals surface area contributed by atoms with Crippen molar-refractivity contribution in [2.75, 3.05) is 12.4 Å². The number of pyridine rings is 1. The lowest BCUT2D eigenvalue weighted by molar-refractivity contribution is 0.0947. The fourth-order valence-corrected chi connectivity index (χ4v) is 2.90. The first-order chi connectivity index (χ1) is 14.3. The molecule has 7 nitrogen and oxygen atoms in total. The molecule has 7 heteroatoms. The Labute approximate surface area is 168 Å². The number of nitrogens with one attached hydrogen (secondary N) is 1. The molecule has 0 aliphatic carbocycles. The maximum absolute atomic E-state index is 13.0. The molecular weight excluding hydrogens is 366 g/mol. The van der Waals surface area contributed by atoms with Gasteiger partial charge in [-0.3, -0.25) is 9.78 Å². The van der Waals surface area contributed by atoms with E-state index in [0.717, 1.165) is 11.3 Å². The Morgan fingerprint density at radius 2 is 1.76 bits per heavy atom. The molecule has 144 valence electrons. The third-order valence-corrected chi connectivity index (χ3v) is 4.34. The van der Waals surface area contributed by atoms with Crippen molar-refractivity contribution in [1.29, 1.82) is 0 Å². The number of benzene rings is 2. The number of carbonyl (C=O) groups excluding carboxylic acids is 1. The molecule has 2 aromatic carbocycles. The minimum atomic E-state index is -0.275. The fourth-order valence-electron chi connectivity index (χ4n) is 2.90. The molecule has 0 fully saturated rings. The van der Waals surface area contributed by atoms with Crippen LogP contribution < -0.4 is 10.1 Å². The smallest absolute Gasteiger partial charge is 0.281 e. The highest BCUT2D eigenvalue weighted by atomic mass is 16.5. The van der Waals surface area contributed by atoms with Gasteiger partial charge in [0.25, 0.3) is 5.91 Å². The van der Waals surface area contributed by atoms with Gasteiger partial charge in [0.1, 0.15) is 11.4 Å². The average Bonchev–Trinajstić information content (AvgIpc) is 3.23. The van der Waals surface area contributed by atoms with Crippen LogP contribution in [-0.2, 0) is 6.54 Å². The van der Waals surface area contributed by atoms with Gasteiger partial charge in [-0.15, -0.1) is 5.10 Å². The summed E-state index contributed by atoms with van der Waals surface area (Å²) in [5.74, 6) is 1.19. The Bertz CT molecular complexity index is 1110. The number of anilines is 1. The van der Waals surface area contributed by atoms with Crippen LogP contribution >= 0.6 is 0 Å². The normalized spacial score (nSPS) is 10.5. The zero-order chi connectivity index (χ0) is 20.1. The van der Waals surface area contributed by atoms with Crippen molar-refractivity contribution in [3.8, 4) is 17.3 Å². The van der Waals surface area contributed by atoms with Gasteiger partial charge in [-0.05, 0) is 30.3 Å². The van der Waals surface area contributed by atoms with Gasteiger partial charge in [-0.1, -0.05) is 42.5 Å². The molecule has 0 radical (unpaired) electrons. The predicted octanol–water partition coefficient (Wildman–Crippen LogP) is 3.65. The number of carbonyl (C=O) groups is 1. The Balaban J connectivity index is 1.69. The number of hydrogen-bond donors (Lipinski definition) is 1. The molecule has 29 heavy (non-hydrogen) atoms. The Kier molecular flexibility index (Phi) is 5.29. The molecule has 4 rings (SSSR count). The van der Waals surface area contributed by atoms with E-state index in [9.17, 15) is 4.79 Å². The number of para-hydroxylation sites is 1. The molecule has 0 amide bonds. The maximum Gasteiger partial charge on any atom is 0.281 e. The molecule has 0 saturated heterocycles. The van der Waals surface area contributed by atoms with E-state index < -0.39 is 0 Å². The van der Waals surface area contributed by atoms with Gasteiger partial charge in [-0.2, -0.15) is 9.67 Å². The van der Waals surface area contributed by atoms with Gasteiger partial charge in [0.05, 0.1) is 7.11 Å². The molecule has 2 heterocycles. The van der Waals surface area contributed by atoms with Crippen molar-refractivity contribution < 1.29 is 9.53 Å². The second kappa shape index (κ2) is 8.35. The monoisotopic (exact) mass is 385 g/mol. The molecule has 1 N–H and O–H groups in total. The molecule has 0 saturated carbocycles. The minimum absolute atomic E-state index is 0.275. The number of ether oxygens (including phenoxy) is 1. The average molecular weight is 385 g/mol. The van der Waals surface area contributed by atoms with Crippen LogP contribution in [0.2, 0.25) is 0 Å². The first kappa shape index (κ1) is 18.4. The molecule has 2 aromatic heterocycles. The van der Waals surface area contributed by atoms with Crippen molar-refractivity contribution in [2.45, 2.75) is 6.54 Å². The Morgan fingerprint density at radius 1 is 1.00 bits per heavy atom. The summed E-state index contributed by atoms with van der Waals surface area (Å²) in [7, 11) is 1.62. The topological polar surface area (TPSA) is 81.9 Å². The highest BCUT2D eigenvalue weighted by molar-refractivity contribution is 5.97. The standard InChI is InChI=1S/C22H19N5O2/c1-29-19-13-6-5-11-17(19)15-24-22-25-20(18-12-7-8-14-23-18)26-27(22)21(28)16-9-3-2-4-10-16/h2-14H,15H2,1H3,(H,24,25,26). The maximum atomic E-state index is 13.0. The van der Waals surface area contributed by atoms with Gasteiger partial charge in [0.2, 0.25) is 11.8 Å². The number of aromatic nitrogens is 4. The van der Waals surface area contributed by atoms with Crippen LogP contribution in [0, 0.1) is 0 Å². The molecule has 0 atom stereocenters. The molecule has 4 aromatic rings. The van der Waals surface area contributed by atoms with Crippen molar-refractivity contribution in [3.05, 3.63) is 90.1 Å². The summed E-state index contributed by atoms with van der Waals surface area (Å²) in [5.41, 5.74) is 2.05. The first-order valence-corrected chi connectivity index (χ1v) is 9.10. The van der Waals surface area contributed by atoms with E-state index in [1.165, 1.54) is 4.68 Å². The third-order valence-electron chi connectivity index (χ3n) is 4.34. The van der Waals surface area contributed by atoms with E-state index in [1.54, 1.807) is 31.5 Å². The van der Waals surface area contributed by atoms with Crippen molar-refractivity contribution in [1.82, 2.24) is 19.7 Å². The zero-order valence-corrected chi connectivity index (χ0v) is 15.8. The SMILES string of the molecule is COc1ccccc1CNc1nc(-c2ccccn2)nn1C(=O)c1ccccc1. The summed E-state index contributed by atoms with van der Waals surface area (Å²) in [5, 5.41) is 7.62. The highest BCUT2D eigenvalue weighted by Crippen LogP contribution is 2.21. The minimum Gasteiger partial charge on any atom is -0.496 e. The van der Waals surface area contributed by atoms with E-state index in [-0.39, 0.29) is 5.91 Å². The van der Waals surface area contributed by atoms with Gasteiger partial charge in [0.15, 0.2) is 0 Å². The van der Waals surface area contributed by atoms with E-state index in [4.69, 9.17) is 4.74 Å². The second-order valence-corrected chi connectivity index (χ2v) is 6.22. The Hall–Kier alpha value is -4.00. The second-order valence-electron chi connectivity index (χ2n) is 6.22. The Morgan fingerprint density at radius 3 is 2.52 bits per heavy atom. The van der Waals surface area contributed by atoms with Gasteiger partial charge in [-0.25, -0.2) is 0 Å². The van der Waals surface area contributed by atoms with E-state index in [1.807, 2.05) is 54.6 Å². The van der Waals surface area contributed by atoms with Crippen LogP contribution in [0.15, 0.2) is 79.0 Å². The van der Waals surface area contributed by atoms with Crippen LogP contribution in [0.5, 0.6) is 5.75 Å². The third kappa shape index (κ3) is 3.98. The highest BCUT2D eigenvalue weighted by Gasteiger charge is 2.19. The van der Waals surface area contributed by atoms with Gasteiger partial charge >= 0.3 is 0 Å². The largest absolute Gasteiger partial charge is 0.496 e. The molecule has 0 bridgehead atoms. The molecule has 0 aliphatic rings. The summed E-state index contributed by atoms with van der Waals surface area (Å²) in [6.45, 7) is 0.423. The van der Waals surface area contributed by atoms with E-state index >= 15 is 0 Å². The van der Waals surface area contributed by atoms with Gasteiger partial charge in [0, 0.05) is 23.9 Å². The van der Waals surface area contributed by atoms with Crippen molar-refractivity contribution in [3.63, 3.8) is 0 Å². The molecule has 0 aliphatic heterocycles. The summed E-state index contributed by atoms with van der Waals surface area (Å²) in [4.78, 5) is 21.8. The summed E-state index contributed by atoms with van der Waals surface area (Å²) >= 11 is 0. The van der Waals surface area contributed by atoms with Crippen LogP contribution in [0.25, 0.3) is 11.5 Å². The van der Waals surface area contributed by atoms with Crippen LogP contribution in [-0.4, -0.2) is 32.8 Å². The summed E-state index contributed by atoms with van der Waals surface area (Å²) < 4.78 is 6.67. The van der Waals surface area contributed by atoms with Crippen molar-refractivity contribution >= 4 is 11.9 Å². The lowest BCUT2D eigenvalue weighted by Gasteiger charge is -2.10. The van der Waals surface area contributed by atoms with E-state index in [2.05, 4.69) is 20.4 Å². The lowest BCUT2D eigenvalue weighted by atomic mass is 10.2. The fraction of sp³-hybridized carbons (Fsp3) is 0.0909. The number of hydrogen-bond acceptors (Lipinski definition) is 6. The molecular formula is C22H19N5O2. The van der Waals surface area contributed by atoms with Crippen LogP contribution in [0.3, 0.4) is 0 Å². The number of rotatable bonds is 6. The predicted molar refractivity (Wildman–Crippen MR) is 110 cm³/mol.